The van der Waals surface area contributed by atoms with Crippen molar-refractivity contribution in [2.45, 2.75) is 39.3 Å². The zero-order valence-electron chi connectivity index (χ0n) is 11.1. The van der Waals surface area contributed by atoms with Crippen LogP contribution in [0.25, 0.3) is 0 Å². The normalized spacial score (nSPS) is 12.6. The molecule has 1 aromatic carbocycles. The molecule has 0 aliphatic carbocycles. The van der Waals surface area contributed by atoms with Gasteiger partial charge in [-0.1, -0.05) is 30.3 Å². The van der Waals surface area contributed by atoms with E-state index in [0.29, 0.717) is 0 Å². The lowest BCUT2D eigenvalue weighted by Crippen LogP contribution is -2.05. The average molecular weight is 243 g/mol. The molecule has 0 aliphatic rings. The number of hydrogen-bond donors (Lipinski definition) is 1. The standard InChI is InChI=1S/C15H21N3/c1-12(16)15-11-18(13(2)17-15)10-6-9-14-7-4-3-5-8-14/h3-5,7-8,11-12H,6,9-10,16H2,1-2H3/t12-/m0/s1. The molecular formula is C15H21N3. The van der Waals surface area contributed by atoms with Crippen LogP contribution >= 0.6 is 0 Å². The van der Waals surface area contributed by atoms with Crippen molar-refractivity contribution in [1.29, 1.82) is 0 Å². The summed E-state index contributed by atoms with van der Waals surface area (Å²) in [6, 6.07) is 10.6. The highest BCUT2D eigenvalue weighted by Crippen LogP contribution is 2.11. The Bertz CT molecular complexity index is 486. The van der Waals surface area contributed by atoms with E-state index in [-0.39, 0.29) is 6.04 Å². The van der Waals surface area contributed by atoms with E-state index in [2.05, 4.69) is 46.1 Å². The van der Waals surface area contributed by atoms with Gasteiger partial charge in [0.15, 0.2) is 0 Å². The summed E-state index contributed by atoms with van der Waals surface area (Å²) < 4.78 is 2.20. The van der Waals surface area contributed by atoms with Crippen molar-refractivity contribution < 1.29 is 0 Å². The Balaban J connectivity index is 1.90. The molecule has 96 valence electrons. The van der Waals surface area contributed by atoms with Gasteiger partial charge >= 0.3 is 0 Å². The van der Waals surface area contributed by atoms with Crippen LogP contribution in [-0.4, -0.2) is 9.55 Å². The number of nitrogens with two attached hydrogens (primary N) is 1. The molecule has 0 spiro atoms. The van der Waals surface area contributed by atoms with Crippen molar-refractivity contribution >= 4 is 0 Å². The fraction of sp³-hybridized carbons (Fsp3) is 0.400. The molecule has 1 heterocycles. The molecule has 3 nitrogen and oxygen atoms in total. The highest BCUT2D eigenvalue weighted by atomic mass is 15.1. The lowest BCUT2D eigenvalue weighted by molar-refractivity contribution is 0.625. The number of aryl methyl sites for hydroxylation is 3. The second-order valence-electron chi connectivity index (χ2n) is 4.78. The summed E-state index contributed by atoms with van der Waals surface area (Å²) in [6.45, 7) is 5.00. The Morgan fingerprint density at radius 1 is 1.28 bits per heavy atom. The second-order valence-corrected chi connectivity index (χ2v) is 4.78. The quantitative estimate of drug-likeness (QED) is 0.877. The molecule has 0 fully saturated rings. The summed E-state index contributed by atoms with van der Waals surface area (Å²) in [4.78, 5) is 4.47. The van der Waals surface area contributed by atoms with Gasteiger partial charge < -0.3 is 10.3 Å². The minimum atomic E-state index is 0.0130. The van der Waals surface area contributed by atoms with E-state index < -0.39 is 0 Å². The molecule has 0 radical (unpaired) electrons. The number of imidazole rings is 1. The third-order valence-corrected chi connectivity index (χ3v) is 3.17. The Labute approximate surface area is 109 Å². The molecule has 2 rings (SSSR count). The van der Waals surface area contributed by atoms with Crippen molar-refractivity contribution in [3.05, 3.63) is 53.6 Å². The second kappa shape index (κ2) is 5.83. The van der Waals surface area contributed by atoms with Crippen molar-refractivity contribution in [3.63, 3.8) is 0 Å². The van der Waals surface area contributed by atoms with Crippen molar-refractivity contribution in [1.82, 2.24) is 9.55 Å². The number of nitrogens with zero attached hydrogens (tertiary/aromatic N) is 2. The zero-order chi connectivity index (χ0) is 13.0. The largest absolute Gasteiger partial charge is 0.335 e. The average Bonchev–Trinajstić information content (AvgIpc) is 2.73. The van der Waals surface area contributed by atoms with Crippen LogP contribution in [0.15, 0.2) is 36.5 Å². The van der Waals surface area contributed by atoms with Crippen LogP contribution in [0.2, 0.25) is 0 Å². The van der Waals surface area contributed by atoms with Crippen molar-refractivity contribution in [2.75, 3.05) is 0 Å². The lowest BCUT2D eigenvalue weighted by Gasteiger charge is -2.05. The maximum absolute atomic E-state index is 5.84. The fourth-order valence-electron chi connectivity index (χ4n) is 2.08. The van der Waals surface area contributed by atoms with Crippen LogP contribution in [0.3, 0.4) is 0 Å². The van der Waals surface area contributed by atoms with Gasteiger partial charge in [-0.25, -0.2) is 4.98 Å². The number of benzene rings is 1. The molecule has 1 atom stereocenters. The Kier molecular flexibility index (Phi) is 4.15. The molecule has 0 saturated heterocycles. The number of hydrogen-bond acceptors (Lipinski definition) is 2. The highest BCUT2D eigenvalue weighted by molar-refractivity contribution is 5.14. The number of aromatic nitrogens is 2. The predicted octanol–water partition coefficient (Wildman–Crippen LogP) is 2.84. The first-order chi connectivity index (χ1) is 8.66. The van der Waals surface area contributed by atoms with E-state index in [9.17, 15) is 0 Å². The van der Waals surface area contributed by atoms with Gasteiger partial charge in [0, 0.05) is 18.8 Å². The summed E-state index contributed by atoms with van der Waals surface area (Å²) in [6.07, 6.45) is 4.30. The van der Waals surface area contributed by atoms with Crippen molar-refractivity contribution in [3.8, 4) is 0 Å². The van der Waals surface area contributed by atoms with Crippen LogP contribution in [0.1, 0.15) is 36.5 Å². The minimum absolute atomic E-state index is 0.0130. The topological polar surface area (TPSA) is 43.8 Å². The van der Waals surface area contributed by atoms with Gasteiger partial charge in [0.05, 0.1) is 5.69 Å². The smallest absolute Gasteiger partial charge is 0.105 e. The number of rotatable bonds is 5. The van der Waals surface area contributed by atoms with Crippen LogP contribution in [0.5, 0.6) is 0 Å². The summed E-state index contributed by atoms with van der Waals surface area (Å²) in [5.41, 5.74) is 8.21. The van der Waals surface area contributed by atoms with Gasteiger partial charge in [-0.3, -0.25) is 0 Å². The first-order valence-electron chi connectivity index (χ1n) is 6.50. The van der Waals surface area contributed by atoms with Gasteiger partial charge in [-0.15, -0.1) is 0 Å². The molecule has 0 bridgehead atoms. The summed E-state index contributed by atoms with van der Waals surface area (Å²) in [5, 5.41) is 0. The predicted molar refractivity (Wildman–Crippen MR) is 74.3 cm³/mol. The van der Waals surface area contributed by atoms with Crippen LogP contribution in [-0.2, 0) is 13.0 Å². The molecule has 0 saturated carbocycles. The van der Waals surface area contributed by atoms with E-state index in [1.165, 1.54) is 5.56 Å². The van der Waals surface area contributed by atoms with E-state index >= 15 is 0 Å². The van der Waals surface area contributed by atoms with Crippen LogP contribution < -0.4 is 5.73 Å². The van der Waals surface area contributed by atoms with Crippen LogP contribution in [0.4, 0.5) is 0 Å². The highest BCUT2D eigenvalue weighted by Gasteiger charge is 2.07. The maximum Gasteiger partial charge on any atom is 0.105 e. The van der Waals surface area contributed by atoms with Gasteiger partial charge in [0.25, 0.3) is 0 Å². The van der Waals surface area contributed by atoms with E-state index in [1.54, 1.807) is 0 Å². The Morgan fingerprint density at radius 2 is 2.00 bits per heavy atom. The van der Waals surface area contributed by atoms with Crippen LogP contribution in [0, 0.1) is 6.92 Å². The van der Waals surface area contributed by atoms with Gasteiger partial charge in [0.1, 0.15) is 5.82 Å². The van der Waals surface area contributed by atoms with Gasteiger partial charge in [-0.2, -0.15) is 0 Å². The minimum Gasteiger partial charge on any atom is -0.335 e. The molecule has 1 aromatic heterocycles. The molecular weight excluding hydrogens is 222 g/mol. The maximum atomic E-state index is 5.84. The molecule has 2 N–H and O–H groups in total. The van der Waals surface area contributed by atoms with Gasteiger partial charge in [-0.05, 0) is 32.3 Å². The summed E-state index contributed by atoms with van der Waals surface area (Å²) in [7, 11) is 0. The summed E-state index contributed by atoms with van der Waals surface area (Å²) in [5.74, 6) is 1.05. The van der Waals surface area contributed by atoms with Crippen molar-refractivity contribution in [2.24, 2.45) is 5.73 Å². The van der Waals surface area contributed by atoms with Gasteiger partial charge in [0.2, 0.25) is 0 Å². The zero-order valence-corrected chi connectivity index (χ0v) is 11.1. The molecule has 18 heavy (non-hydrogen) atoms. The third-order valence-electron chi connectivity index (χ3n) is 3.17. The molecule has 3 heteroatoms. The first kappa shape index (κ1) is 12.8. The SMILES string of the molecule is Cc1nc([C@H](C)N)cn1CCCc1ccccc1. The molecule has 0 unspecified atom stereocenters. The Hall–Kier alpha value is -1.61. The molecule has 2 aromatic rings. The fourth-order valence-corrected chi connectivity index (χ4v) is 2.08. The monoisotopic (exact) mass is 243 g/mol. The lowest BCUT2D eigenvalue weighted by atomic mass is 10.1. The Morgan fingerprint density at radius 3 is 2.61 bits per heavy atom. The van der Waals surface area contributed by atoms with E-state index in [4.69, 9.17) is 5.73 Å². The first-order valence-corrected chi connectivity index (χ1v) is 6.50. The van der Waals surface area contributed by atoms with E-state index in [0.717, 1.165) is 30.9 Å². The molecule has 0 aliphatic heterocycles. The third kappa shape index (κ3) is 3.20. The molecule has 0 amide bonds. The van der Waals surface area contributed by atoms with E-state index in [1.807, 2.05) is 13.8 Å². The summed E-state index contributed by atoms with van der Waals surface area (Å²) >= 11 is 0.